The van der Waals surface area contributed by atoms with Gasteiger partial charge in [-0.2, -0.15) is 0 Å². The Bertz CT molecular complexity index is 568. The first-order valence-electron chi connectivity index (χ1n) is 8.59. The molecule has 24 heavy (non-hydrogen) atoms. The zero-order valence-electron chi connectivity index (χ0n) is 14.0. The van der Waals surface area contributed by atoms with Gasteiger partial charge in [-0.3, -0.25) is 4.90 Å². The highest BCUT2D eigenvalue weighted by Crippen LogP contribution is 2.32. The molecular weight excluding hydrogens is 307 g/mol. The Labute approximate surface area is 143 Å². The number of aromatic nitrogens is 2. The molecule has 1 fully saturated rings. The molecule has 7 nitrogen and oxygen atoms in total. The van der Waals surface area contributed by atoms with Gasteiger partial charge in [0.2, 0.25) is 0 Å². The third kappa shape index (κ3) is 6.34. The molecule has 2 heterocycles. The average Bonchev–Trinajstić information content (AvgIpc) is 3.25. The van der Waals surface area contributed by atoms with E-state index >= 15 is 0 Å². The standard InChI is InChI=1S/C16H25BN4O3/c1-2-3-8-19(9-5-4-6-14-11-17-14)12-15(22)13-20-10-7-18-16(20)21(23)24/h1,7,10,14-15,17,22H,3-6,8-9,11-13H2. The zero-order valence-corrected chi connectivity index (χ0v) is 14.0. The smallest absolute Gasteiger partial charge is 0.390 e. The van der Waals surface area contributed by atoms with Crippen molar-refractivity contribution < 1.29 is 10.0 Å². The van der Waals surface area contributed by atoms with E-state index in [9.17, 15) is 15.2 Å². The molecule has 0 saturated carbocycles. The van der Waals surface area contributed by atoms with Gasteiger partial charge in [0, 0.05) is 19.5 Å². The Balaban J connectivity index is 1.78. The van der Waals surface area contributed by atoms with Crippen LogP contribution in [0.25, 0.3) is 0 Å². The fraction of sp³-hybridized carbons (Fsp3) is 0.688. The van der Waals surface area contributed by atoms with E-state index in [0.717, 1.165) is 25.3 Å². The van der Waals surface area contributed by atoms with Crippen LogP contribution in [0.4, 0.5) is 5.95 Å². The Morgan fingerprint density at radius 2 is 2.38 bits per heavy atom. The molecule has 1 saturated heterocycles. The summed E-state index contributed by atoms with van der Waals surface area (Å²) in [7, 11) is 1.38. The molecule has 2 atom stereocenters. The minimum atomic E-state index is -0.695. The second-order valence-corrected chi connectivity index (χ2v) is 6.48. The van der Waals surface area contributed by atoms with E-state index in [1.54, 1.807) is 0 Å². The normalized spacial score (nSPS) is 17.3. The van der Waals surface area contributed by atoms with Crippen molar-refractivity contribution in [2.24, 2.45) is 0 Å². The van der Waals surface area contributed by atoms with E-state index in [-0.39, 0.29) is 12.5 Å². The van der Waals surface area contributed by atoms with Crippen LogP contribution in [-0.2, 0) is 6.54 Å². The lowest BCUT2D eigenvalue weighted by atomic mass is 9.98. The first-order chi connectivity index (χ1) is 11.6. The topological polar surface area (TPSA) is 84.4 Å². The largest absolute Gasteiger partial charge is 0.434 e. The van der Waals surface area contributed by atoms with Gasteiger partial charge in [0.05, 0.1) is 12.6 Å². The third-order valence-corrected chi connectivity index (χ3v) is 4.34. The molecule has 1 aromatic heterocycles. The highest BCUT2D eigenvalue weighted by atomic mass is 16.6. The van der Waals surface area contributed by atoms with Gasteiger partial charge in [-0.1, -0.05) is 30.0 Å². The van der Waals surface area contributed by atoms with E-state index in [1.807, 2.05) is 0 Å². The van der Waals surface area contributed by atoms with Crippen molar-refractivity contribution >= 4 is 13.2 Å². The van der Waals surface area contributed by atoms with Crippen molar-refractivity contribution in [3.05, 3.63) is 22.5 Å². The second-order valence-electron chi connectivity index (χ2n) is 6.48. The summed E-state index contributed by atoms with van der Waals surface area (Å²) >= 11 is 0. The van der Waals surface area contributed by atoms with Gasteiger partial charge in [-0.15, -0.1) is 12.3 Å². The van der Waals surface area contributed by atoms with Gasteiger partial charge in [-0.25, -0.2) is 4.57 Å². The monoisotopic (exact) mass is 332 g/mol. The Morgan fingerprint density at radius 1 is 1.58 bits per heavy atom. The third-order valence-electron chi connectivity index (χ3n) is 4.34. The number of hydrogen-bond donors (Lipinski definition) is 1. The highest BCUT2D eigenvalue weighted by Gasteiger charge is 2.23. The molecular formula is C16H25BN4O3. The minimum Gasteiger partial charge on any atom is -0.390 e. The summed E-state index contributed by atoms with van der Waals surface area (Å²) in [6.07, 6.45) is 13.2. The molecule has 130 valence electrons. The number of nitro groups is 1. The maximum Gasteiger partial charge on any atom is 0.434 e. The predicted octanol–water partition coefficient (Wildman–Crippen LogP) is 1.30. The number of hydrogen-bond acceptors (Lipinski definition) is 5. The van der Waals surface area contributed by atoms with Gasteiger partial charge < -0.3 is 15.2 Å². The van der Waals surface area contributed by atoms with E-state index in [1.165, 1.54) is 43.4 Å². The number of imidazole rings is 1. The fourth-order valence-electron chi connectivity index (χ4n) is 2.89. The molecule has 2 rings (SSSR count). The molecule has 1 N–H and O–H groups in total. The van der Waals surface area contributed by atoms with Crippen LogP contribution >= 0.6 is 0 Å². The lowest BCUT2D eigenvalue weighted by Crippen LogP contribution is -2.36. The van der Waals surface area contributed by atoms with E-state index in [2.05, 4.69) is 15.8 Å². The van der Waals surface area contributed by atoms with E-state index in [0.29, 0.717) is 13.0 Å². The SMILES string of the molecule is C#CCCN(CCCCC1BC1)CC(O)Cn1ccnc1[N+](=O)[O-]. The molecule has 1 aromatic rings. The maximum absolute atomic E-state index is 10.9. The van der Waals surface area contributed by atoms with Gasteiger partial charge in [0.1, 0.15) is 19.7 Å². The summed E-state index contributed by atoms with van der Waals surface area (Å²) in [5, 5.41) is 21.2. The molecule has 0 bridgehead atoms. The van der Waals surface area contributed by atoms with Crippen LogP contribution in [0.15, 0.2) is 12.4 Å². The quantitative estimate of drug-likeness (QED) is 0.205. The lowest BCUT2D eigenvalue weighted by molar-refractivity contribution is -0.397. The second kappa shape index (κ2) is 9.45. The summed E-state index contributed by atoms with van der Waals surface area (Å²) in [5.74, 6) is 3.33. The number of nitrogens with zero attached hydrogens (tertiary/aromatic N) is 4. The molecule has 0 aliphatic carbocycles. The molecule has 0 aromatic carbocycles. The number of aliphatic hydroxyl groups excluding tert-OH is 1. The van der Waals surface area contributed by atoms with Crippen molar-refractivity contribution in [1.82, 2.24) is 14.5 Å². The van der Waals surface area contributed by atoms with Crippen molar-refractivity contribution in [1.29, 1.82) is 0 Å². The van der Waals surface area contributed by atoms with Crippen molar-refractivity contribution in [3.8, 4) is 12.3 Å². The molecule has 0 radical (unpaired) electrons. The number of terminal acetylenes is 1. The average molecular weight is 332 g/mol. The zero-order chi connectivity index (χ0) is 17.4. The molecule has 0 amide bonds. The summed E-state index contributed by atoms with van der Waals surface area (Å²) in [6.45, 7) is 2.26. The Hall–Kier alpha value is -1.85. The van der Waals surface area contributed by atoms with Crippen LogP contribution in [0, 0.1) is 22.5 Å². The summed E-state index contributed by atoms with van der Waals surface area (Å²) < 4.78 is 1.37. The Kier molecular flexibility index (Phi) is 7.28. The van der Waals surface area contributed by atoms with Crippen LogP contribution in [0.1, 0.15) is 25.7 Å². The Morgan fingerprint density at radius 3 is 3.04 bits per heavy atom. The number of unbranched alkanes of at least 4 members (excludes halogenated alkanes) is 1. The summed E-state index contributed by atoms with van der Waals surface area (Å²) in [4.78, 5) is 16.2. The minimum absolute atomic E-state index is 0.158. The first kappa shape index (κ1) is 18.5. The highest BCUT2D eigenvalue weighted by molar-refractivity contribution is 6.50. The summed E-state index contributed by atoms with van der Waals surface area (Å²) in [5.41, 5.74) is 0. The van der Waals surface area contributed by atoms with Gasteiger partial charge in [-0.05, 0) is 17.9 Å². The fourth-order valence-corrected chi connectivity index (χ4v) is 2.89. The van der Waals surface area contributed by atoms with Gasteiger partial charge >= 0.3 is 5.95 Å². The summed E-state index contributed by atoms with van der Waals surface area (Å²) in [6, 6.07) is 0. The van der Waals surface area contributed by atoms with Crippen LogP contribution in [0.2, 0.25) is 12.1 Å². The van der Waals surface area contributed by atoms with Crippen molar-refractivity contribution in [3.63, 3.8) is 0 Å². The molecule has 1 aliphatic heterocycles. The van der Waals surface area contributed by atoms with Crippen LogP contribution in [-0.4, -0.2) is 57.5 Å². The molecule has 0 spiro atoms. The van der Waals surface area contributed by atoms with Crippen LogP contribution < -0.4 is 0 Å². The number of aliphatic hydroxyl groups is 1. The molecule has 2 unspecified atom stereocenters. The van der Waals surface area contributed by atoms with Crippen molar-refractivity contribution in [2.45, 2.75) is 50.5 Å². The van der Waals surface area contributed by atoms with E-state index < -0.39 is 11.0 Å². The lowest BCUT2D eigenvalue weighted by Gasteiger charge is -2.24. The van der Waals surface area contributed by atoms with E-state index in [4.69, 9.17) is 6.42 Å². The van der Waals surface area contributed by atoms with Gasteiger partial charge in [0.25, 0.3) is 0 Å². The molecule has 1 aliphatic rings. The van der Waals surface area contributed by atoms with Gasteiger partial charge in [0.15, 0.2) is 0 Å². The number of rotatable bonds is 12. The van der Waals surface area contributed by atoms with Crippen LogP contribution in [0.3, 0.4) is 0 Å². The first-order valence-corrected chi connectivity index (χ1v) is 8.59. The van der Waals surface area contributed by atoms with Crippen molar-refractivity contribution in [2.75, 3.05) is 19.6 Å². The van der Waals surface area contributed by atoms with Crippen LogP contribution in [0.5, 0.6) is 0 Å². The predicted molar refractivity (Wildman–Crippen MR) is 94.3 cm³/mol. The maximum atomic E-state index is 10.9. The molecule has 8 heteroatoms.